The van der Waals surface area contributed by atoms with Gasteiger partial charge in [-0.1, -0.05) is 15.9 Å². The normalized spacial score (nSPS) is 12.2. The number of nitro benzene ring substituents is 1. The van der Waals surface area contributed by atoms with Crippen LogP contribution in [0.2, 0.25) is 0 Å². The summed E-state index contributed by atoms with van der Waals surface area (Å²) < 4.78 is 10.7. The Hall–Kier alpha value is -1.18. The predicted octanol–water partition coefficient (Wildman–Crippen LogP) is 2.78. The highest BCUT2D eigenvalue weighted by Crippen LogP contribution is 2.37. The fraction of sp³-hybridized carbons (Fsp3) is 0.455. The summed E-state index contributed by atoms with van der Waals surface area (Å²) in [5.41, 5.74) is 0.135. The predicted molar refractivity (Wildman–Crippen MR) is 68.6 cm³/mol. The number of rotatable bonds is 6. The van der Waals surface area contributed by atoms with Crippen LogP contribution in [-0.4, -0.2) is 23.4 Å². The quantitative estimate of drug-likeness (QED) is 0.377. The van der Waals surface area contributed by atoms with E-state index in [-0.39, 0.29) is 18.2 Å². The number of aliphatic hydroxyl groups excluding tert-OH is 1. The highest BCUT2D eigenvalue weighted by molar-refractivity contribution is 9.10. The number of nitro groups is 1. The van der Waals surface area contributed by atoms with Crippen LogP contribution in [0.3, 0.4) is 0 Å². The molecule has 7 heteroatoms. The molecule has 0 aromatic heterocycles. The molecule has 0 fully saturated rings. The van der Waals surface area contributed by atoms with Crippen molar-refractivity contribution in [3.8, 4) is 5.75 Å². The first kappa shape index (κ1) is 14.9. The number of aliphatic hydroxyl groups is 1. The van der Waals surface area contributed by atoms with Gasteiger partial charge in [0.15, 0.2) is 6.79 Å². The Balaban J connectivity index is 3.18. The molecule has 0 aliphatic rings. The van der Waals surface area contributed by atoms with Crippen molar-refractivity contribution in [2.45, 2.75) is 20.0 Å². The van der Waals surface area contributed by atoms with Gasteiger partial charge in [0.25, 0.3) is 0 Å². The summed E-state index contributed by atoms with van der Waals surface area (Å²) in [5.74, 6) is 0.0339. The van der Waals surface area contributed by atoms with E-state index in [1.807, 2.05) is 0 Å². The number of hydrogen-bond acceptors (Lipinski definition) is 5. The minimum Gasteiger partial charge on any atom is -0.460 e. The van der Waals surface area contributed by atoms with Crippen molar-refractivity contribution in [2.24, 2.45) is 0 Å². The van der Waals surface area contributed by atoms with Gasteiger partial charge in [-0.15, -0.1) is 0 Å². The van der Waals surface area contributed by atoms with E-state index in [9.17, 15) is 15.2 Å². The Labute approximate surface area is 113 Å². The first-order valence-electron chi connectivity index (χ1n) is 5.33. The summed E-state index contributed by atoms with van der Waals surface area (Å²) in [4.78, 5) is 10.4. The third kappa shape index (κ3) is 3.66. The maximum atomic E-state index is 11.0. The van der Waals surface area contributed by atoms with Gasteiger partial charge in [0, 0.05) is 22.7 Å². The second-order valence-corrected chi connectivity index (χ2v) is 4.45. The van der Waals surface area contributed by atoms with E-state index in [2.05, 4.69) is 15.9 Å². The maximum absolute atomic E-state index is 11.0. The fourth-order valence-corrected chi connectivity index (χ4v) is 1.85. The molecule has 1 aromatic rings. The minimum absolute atomic E-state index is 0.0339. The highest BCUT2D eigenvalue weighted by Gasteiger charge is 2.23. The van der Waals surface area contributed by atoms with Crippen molar-refractivity contribution in [3.05, 3.63) is 32.3 Å². The van der Waals surface area contributed by atoms with Gasteiger partial charge in [-0.3, -0.25) is 10.1 Å². The van der Waals surface area contributed by atoms with Crippen LogP contribution in [0.25, 0.3) is 0 Å². The topological polar surface area (TPSA) is 81.8 Å². The molecule has 0 unspecified atom stereocenters. The summed E-state index contributed by atoms with van der Waals surface area (Å²) in [5, 5.41) is 20.6. The summed E-state index contributed by atoms with van der Waals surface area (Å²) in [7, 11) is 0. The van der Waals surface area contributed by atoms with E-state index in [0.717, 1.165) is 0 Å². The van der Waals surface area contributed by atoms with Crippen molar-refractivity contribution >= 4 is 21.6 Å². The molecular formula is C11H14BrNO5. The van der Waals surface area contributed by atoms with Crippen LogP contribution >= 0.6 is 15.9 Å². The molecule has 100 valence electrons. The number of halogens is 1. The summed E-state index contributed by atoms with van der Waals surface area (Å²) in [6, 6.07) is 2.91. The smallest absolute Gasteiger partial charge is 0.312 e. The second-order valence-electron chi connectivity index (χ2n) is 3.53. The van der Waals surface area contributed by atoms with E-state index < -0.39 is 11.0 Å². The Kier molecular flexibility index (Phi) is 5.52. The molecule has 6 nitrogen and oxygen atoms in total. The van der Waals surface area contributed by atoms with E-state index in [1.165, 1.54) is 13.0 Å². The van der Waals surface area contributed by atoms with Crippen molar-refractivity contribution in [1.82, 2.24) is 0 Å². The van der Waals surface area contributed by atoms with E-state index in [0.29, 0.717) is 16.6 Å². The lowest BCUT2D eigenvalue weighted by Gasteiger charge is -2.14. The van der Waals surface area contributed by atoms with Crippen molar-refractivity contribution < 1.29 is 19.5 Å². The van der Waals surface area contributed by atoms with Crippen LogP contribution in [0, 0.1) is 10.1 Å². The first-order chi connectivity index (χ1) is 8.47. The summed E-state index contributed by atoms with van der Waals surface area (Å²) in [6.07, 6.45) is -0.877. The lowest BCUT2D eigenvalue weighted by molar-refractivity contribution is -0.386. The minimum atomic E-state index is -0.877. The molecule has 18 heavy (non-hydrogen) atoms. The number of hydrogen-bond donors (Lipinski definition) is 1. The monoisotopic (exact) mass is 319 g/mol. The van der Waals surface area contributed by atoms with Crippen molar-refractivity contribution in [1.29, 1.82) is 0 Å². The number of ether oxygens (including phenoxy) is 2. The molecule has 1 atom stereocenters. The summed E-state index contributed by atoms with van der Waals surface area (Å²) >= 11 is 3.16. The molecule has 0 saturated heterocycles. The maximum Gasteiger partial charge on any atom is 0.312 e. The average molecular weight is 320 g/mol. The Morgan fingerprint density at radius 1 is 1.56 bits per heavy atom. The van der Waals surface area contributed by atoms with E-state index in [1.54, 1.807) is 13.0 Å². The van der Waals surface area contributed by atoms with E-state index >= 15 is 0 Å². The Morgan fingerprint density at radius 3 is 2.72 bits per heavy atom. The average Bonchev–Trinajstić information content (AvgIpc) is 2.30. The van der Waals surface area contributed by atoms with Gasteiger partial charge in [0.2, 0.25) is 5.75 Å². The highest BCUT2D eigenvalue weighted by atomic mass is 79.9. The van der Waals surface area contributed by atoms with Gasteiger partial charge in [-0.2, -0.15) is 0 Å². The Morgan fingerprint density at radius 2 is 2.22 bits per heavy atom. The third-order valence-corrected chi connectivity index (χ3v) is 2.66. The second kappa shape index (κ2) is 6.67. The summed E-state index contributed by atoms with van der Waals surface area (Å²) in [6.45, 7) is 3.64. The molecule has 0 amide bonds. The molecule has 0 aliphatic carbocycles. The number of nitrogens with zero attached hydrogens (tertiary/aromatic N) is 1. The van der Waals surface area contributed by atoms with Crippen LogP contribution in [0.5, 0.6) is 5.75 Å². The zero-order valence-electron chi connectivity index (χ0n) is 10.1. The lowest BCUT2D eigenvalue weighted by Crippen LogP contribution is -2.08. The zero-order valence-corrected chi connectivity index (χ0v) is 11.6. The molecule has 1 N–H and O–H groups in total. The number of benzene rings is 1. The molecule has 0 radical (unpaired) electrons. The molecule has 0 bridgehead atoms. The molecule has 0 saturated carbocycles. The standard InChI is InChI=1S/C11H14BrNO5/c1-3-17-6-18-11-9(7(2)14)4-8(12)5-10(11)13(15)16/h4-5,7,14H,3,6H2,1-2H3/t7-/m1/s1. The molecule has 0 aliphatic heterocycles. The van der Waals surface area contributed by atoms with E-state index in [4.69, 9.17) is 9.47 Å². The van der Waals surface area contributed by atoms with Crippen molar-refractivity contribution in [2.75, 3.05) is 13.4 Å². The zero-order chi connectivity index (χ0) is 13.7. The van der Waals surface area contributed by atoms with Crippen LogP contribution in [-0.2, 0) is 4.74 Å². The molecule has 0 spiro atoms. The van der Waals surface area contributed by atoms with Gasteiger partial charge < -0.3 is 14.6 Å². The van der Waals surface area contributed by atoms with Gasteiger partial charge in [-0.25, -0.2) is 0 Å². The molecule has 0 heterocycles. The molecular weight excluding hydrogens is 306 g/mol. The van der Waals surface area contributed by atoms with Gasteiger partial charge in [0.1, 0.15) is 0 Å². The largest absolute Gasteiger partial charge is 0.460 e. The fourth-order valence-electron chi connectivity index (χ4n) is 1.39. The van der Waals surface area contributed by atoms with Crippen LogP contribution in [0.15, 0.2) is 16.6 Å². The lowest BCUT2D eigenvalue weighted by atomic mass is 10.1. The first-order valence-corrected chi connectivity index (χ1v) is 6.13. The third-order valence-electron chi connectivity index (χ3n) is 2.20. The van der Waals surface area contributed by atoms with Crippen molar-refractivity contribution in [3.63, 3.8) is 0 Å². The van der Waals surface area contributed by atoms with Gasteiger partial charge >= 0.3 is 5.69 Å². The van der Waals surface area contributed by atoms with Crippen LogP contribution in [0.1, 0.15) is 25.5 Å². The van der Waals surface area contributed by atoms with Gasteiger partial charge in [-0.05, 0) is 19.9 Å². The molecule has 1 rings (SSSR count). The Bertz CT molecular complexity index is 436. The van der Waals surface area contributed by atoms with Gasteiger partial charge in [0.05, 0.1) is 11.0 Å². The van der Waals surface area contributed by atoms with Crippen LogP contribution < -0.4 is 4.74 Å². The molecule has 1 aromatic carbocycles. The van der Waals surface area contributed by atoms with Crippen LogP contribution in [0.4, 0.5) is 5.69 Å². The SMILES string of the molecule is CCOCOc1c([C@@H](C)O)cc(Br)cc1[N+](=O)[O-].